The summed E-state index contributed by atoms with van der Waals surface area (Å²) in [5, 5.41) is 6.61. The van der Waals surface area contributed by atoms with Gasteiger partial charge in [-0.25, -0.2) is 10.2 Å². The van der Waals surface area contributed by atoms with E-state index in [2.05, 4.69) is 36.5 Å². The minimum Gasteiger partial charge on any atom is -0.481 e. The van der Waals surface area contributed by atoms with Gasteiger partial charge in [0.15, 0.2) is 6.61 Å². The van der Waals surface area contributed by atoms with Crippen molar-refractivity contribution in [1.82, 2.24) is 5.43 Å². The molecule has 0 spiro atoms. The average molecular weight is 476 g/mol. The molecule has 2 N–H and O–H groups in total. The summed E-state index contributed by atoms with van der Waals surface area (Å²) in [5.74, 6) is -0.629. The van der Waals surface area contributed by atoms with Crippen molar-refractivity contribution in [2.45, 2.75) is 19.8 Å². The maximum atomic E-state index is 11.9. The van der Waals surface area contributed by atoms with Gasteiger partial charge in [-0.2, -0.15) is 5.10 Å². The van der Waals surface area contributed by atoms with E-state index in [4.69, 9.17) is 4.74 Å². The minimum atomic E-state index is -0.484. The van der Waals surface area contributed by atoms with E-state index < -0.39 is 5.97 Å². The summed E-state index contributed by atoms with van der Waals surface area (Å²) in [5.41, 5.74) is 4.87. The Balaban J connectivity index is 1.75. The number of carbonyl (C=O) groups is 3. The molecule has 0 aliphatic rings. The number of halogens is 1. The second-order valence-electron chi connectivity index (χ2n) is 6.26. The molecule has 2 aromatic carbocycles. The molecule has 9 heteroatoms. The maximum Gasteiger partial charge on any atom is 0.343 e. The molecule has 2 aromatic rings. The number of anilines is 1. The number of rotatable bonds is 9. The first-order valence-corrected chi connectivity index (χ1v) is 9.84. The number of amides is 2. The van der Waals surface area contributed by atoms with Crippen LogP contribution in [0.3, 0.4) is 0 Å². The first kappa shape index (κ1) is 23.1. The van der Waals surface area contributed by atoms with Crippen molar-refractivity contribution in [1.29, 1.82) is 0 Å². The molecule has 0 saturated heterocycles. The van der Waals surface area contributed by atoms with Crippen LogP contribution in [0, 0.1) is 6.92 Å². The fraction of sp³-hybridized carbons (Fsp3) is 0.238. The second-order valence-corrected chi connectivity index (χ2v) is 7.12. The van der Waals surface area contributed by atoms with E-state index in [1.54, 1.807) is 18.2 Å². The van der Waals surface area contributed by atoms with Gasteiger partial charge in [-0.1, -0.05) is 17.7 Å². The molecule has 0 heterocycles. The zero-order chi connectivity index (χ0) is 21.9. The maximum absolute atomic E-state index is 11.9. The van der Waals surface area contributed by atoms with Crippen LogP contribution in [0.5, 0.6) is 5.75 Å². The lowest BCUT2D eigenvalue weighted by molar-refractivity contribution is -0.142. The molecule has 0 aliphatic heterocycles. The zero-order valence-electron chi connectivity index (χ0n) is 16.6. The Kier molecular flexibility index (Phi) is 9.02. The van der Waals surface area contributed by atoms with Gasteiger partial charge in [0.25, 0.3) is 0 Å². The van der Waals surface area contributed by atoms with Crippen LogP contribution in [0.15, 0.2) is 52.0 Å². The molecule has 2 amide bonds. The number of hydrogen-bond acceptors (Lipinski definition) is 6. The van der Waals surface area contributed by atoms with Crippen LogP contribution in [0.25, 0.3) is 0 Å². The Hall–Kier alpha value is -3.20. The molecular formula is C21H22BrN3O5. The van der Waals surface area contributed by atoms with E-state index in [1.807, 2.05) is 31.2 Å². The quantitative estimate of drug-likeness (QED) is 0.329. The Bertz CT molecular complexity index is 929. The second kappa shape index (κ2) is 11.7. The third-order valence-electron chi connectivity index (χ3n) is 3.85. The topological polar surface area (TPSA) is 106 Å². The largest absolute Gasteiger partial charge is 0.481 e. The van der Waals surface area contributed by atoms with Crippen molar-refractivity contribution in [2.75, 3.05) is 19.0 Å². The van der Waals surface area contributed by atoms with E-state index in [0.717, 1.165) is 5.56 Å². The van der Waals surface area contributed by atoms with Crippen LogP contribution in [-0.4, -0.2) is 37.7 Å². The molecule has 0 aliphatic carbocycles. The lowest BCUT2D eigenvalue weighted by atomic mass is 10.2. The molecule has 2 rings (SSSR count). The van der Waals surface area contributed by atoms with Gasteiger partial charge in [0, 0.05) is 18.5 Å². The molecule has 0 fully saturated rings. The van der Waals surface area contributed by atoms with Gasteiger partial charge >= 0.3 is 5.97 Å². The summed E-state index contributed by atoms with van der Waals surface area (Å²) in [6.07, 6.45) is 1.52. The number of nitrogens with zero attached hydrogens (tertiary/aromatic N) is 1. The van der Waals surface area contributed by atoms with E-state index >= 15 is 0 Å². The molecule has 30 heavy (non-hydrogen) atoms. The third-order valence-corrected chi connectivity index (χ3v) is 4.47. The van der Waals surface area contributed by atoms with Crippen molar-refractivity contribution in [2.24, 2.45) is 5.10 Å². The molecule has 8 nitrogen and oxygen atoms in total. The standard InChI is InChI=1S/C21H22BrN3O5/c1-14-3-6-16(7-4-14)24-19(26)9-10-20(27)25-23-12-15-5-8-18(17(22)11-15)30-13-21(28)29-2/h3-8,11-12H,9-10,13H2,1-2H3,(H,24,26)(H,25,27). The molecule has 0 unspecified atom stereocenters. The van der Waals surface area contributed by atoms with Crippen molar-refractivity contribution in [3.63, 3.8) is 0 Å². The molecule has 0 aromatic heterocycles. The summed E-state index contributed by atoms with van der Waals surface area (Å²) in [4.78, 5) is 34.9. The Morgan fingerprint density at radius 1 is 1.07 bits per heavy atom. The van der Waals surface area contributed by atoms with Gasteiger partial charge in [0.1, 0.15) is 5.75 Å². The number of hydrogen-bond donors (Lipinski definition) is 2. The number of benzene rings is 2. The smallest absolute Gasteiger partial charge is 0.343 e. The van der Waals surface area contributed by atoms with Crippen LogP contribution in [0.2, 0.25) is 0 Å². The highest BCUT2D eigenvalue weighted by Crippen LogP contribution is 2.25. The van der Waals surface area contributed by atoms with Crippen LogP contribution < -0.4 is 15.5 Å². The van der Waals surface area contributed by atoms with E-state index in [1.165, 1.54) is 13.3 Å². The average Bonchev–Trinajstić information content (AvgIpc) is 2.73. The predicted molar refractivity (Wildman–Crippen MR) is 116 cm³/mol. The summed E-state index contributed by atoms with van der Waals surface area (Å²) in [7, 11) is 1.28. The SMILES string of the molecule is COC(=O)COc1ccc(C=NNC(=O)CCC(=O)Nc2ccc(C)cc2)cc1Br. The number of methoxy groups -OCH3 is 1. The van der Waals surface area contributed by atoms with Crippen molar-refractivity contribution in [3.05, 3.63) is 58.1 Å². The summed E-state index contributed by atoms with van der Waals surface area (Å²) < 4.78 is 10.5. The van der Waals surface area contributed by atoms with E-state index in [-0.39, 0.29) is 31.3 Å². The summed E-state index contributed by atoms with van der Waals surface area (Å²) >= 11 is 3.34. The Morgan fingerprint density at radius 2 is 1.77 bits per heavy atom. The van der Waals surface area contributed by atoms with Crippen LogP contribution in [-0.2, 0) is 19.1 Å². The highest BCUT2D eigenvalue weighted by Gasteiger charge is 2.08. The number of ether oxygens (including phenoxy) is 2. The highest BCUT2D eigenvalue weighted by molar-refractivity contribution is 9.10. The van der Waals surface area contributed by atoms with Gasteiger partial charge < -0.3 is 14.8 Å². The number of hydrazone groups is 1. The van der Waals surface area contributed by atoms with Crippen molar-refractivity contribution >= 4 is 45.6 Å². The summed E-state index contributed by atoms with van der Waals surface area (Å²) in [6.45, 7) is 1.76. The lowest BCUT2D eigenvalue weighted by Crippen LogP contribution is -2.20. The number of esters is 1. The normalized spacial score (nSPS) is 10.5. The Morgan fingerprint density at radius 3 is 2.43 bits per heavy atom. The van der Waals surface area contributed by atoms with Crippen molar-refractivity contribution < 1.29 is 23.9 Å². The minimum absolute atomic E-state index is 0.0129. The van der Waals surface area contributed by atoms with Crippen LogP contribution in [0.1, 0.15) is 24.0 Å². The lowest BCUT2D eigenvalue weighted by Gasteiger charge is -2.07. The molecule has 0 atom stereocenters. The first-order valence-electron chi connectivity index (χ1n) is 9.05. The van der Waals surface area contributed by atoms with Crippen LogP contribution >= 0.6 is 15.9 Å². The van der Waals surface area contributed by atoms with Gasteiger partial charge in [-0.15, -0.1) is 0 Å². The monoisotopic (exact) mass is 475 g/mol. The van der Waals surface area contributed by atoms with Gasteiger partial charge in [0.2, 0.25) is 11.8 Å². The molecule has 0 saturated carbocycles. The zero-order valence-corrected chi connectivity index (χ0v) is 18.2. The summed E-state index contributed by atoms with van der Waals surface area (Å²) in [6, 6.07) is 12.5. The third kappa shape index (κ3) is 8.04. The number of nitrogens with one attached hydrogen (secondary N) is 2. The van der Waals surface area contributed by atoms with E-state index in [0.29, 0.717) is 21.5 Å². The van der Waals surface area contributed by atoms with E-state index in [9.17, 15) is 14.4 Å². The first-order chi connectivity index (χ1) is 14.4. The Labute approximate surface area is 182 Å². The number of aryl methyl sites for hydroxylation is 1. The van der Waals surface area contributed by atoms with Gasteiger partial charge in [-0.05, 0) is 58.7 Å². The highest BCUT2D eigenvalue weighted by atomic mass is 79.9. The fourth-order valence-corrected chi connectivity index (χ4v) is 2.74. The van der Waals surface area contributed by atoms with Crippen LogP contribution in [0.4, 0.5) is 5.69 Å². The predicted octanol–water partition coefficient (Wildman–Crippen LogP) is 3.18. The number of carbonyl (C=O) groups excluding carboxylic acids is 3. The fourth-order valence-electron chi connectivity index (χ4n) is 2.23. The van der Waals surface area contributed by atoms with Crippen molar-refractivity contribution in [3.8, 4) is 5.75 Å². The van der Waals surface area contributed by atoms with Gasteiger partial charge in [-0.3, -0.25) is 9.59 Å². The molecule has 0 radical (unpaired) electrons. The molecule has 0 bridgehead atoms. The van der Waals surface area contributed by atoms with Gasteiger partial charge in [0.05, 0.1) is 17.8 Å². The molecular weight excluding hydrogens is 454 g/mol. The molecule has 158 valence electrons.